The molecule has 1 atom stereocenters. The molecule has 0 aliphatic rings. The molecule has 36 heavy (non-hydrogen) atoms. The monoisotopic (exact) mass is 493 g/mol. The topological polar surface area (TPSA) is 124 Å². The van der Waals surface area contributed by atoms with E-state index in [9.17, 15) is 18.0 Å². The van der Waals surface area contributed by atoms with Gasteiger partial charge in [0.15, 0.2) is 0 Å². The number of H-pyrrole nitrogens is 1. The molecule has 1 amide bonds. The number of nitrogens with two attached hydrogens (primary N) is 1. The predicted octanol–water partition coefficient (Wildman–Crippen LogP) is 5.20. The van der Waals surface area contributed by atoms with Crippen molar-refractivity contribution in [3.63, 3.8) is 0 Å². The lowest BCUT2D eigenvalue weighted by molar-refractivity contribution is -0.137. The van der Waals surface area contributed by atoms with Gasteiger partial charge in [0.05, 0.1) is 0 Å². The highest BCUT2D eigenvalue weighted by atomic mass is 19.4. The number of hydrogen-bond donors (Lipinski definition) is 2. The van der Waals surface area contributed by atoms with E-state index in [1.54, 1.807) is 67.7 Å². The normalized spacial score (nSPS) is 13.4. The molecule has 0 radical (unpaired) electrons. The molecule has 182 valence electrons. The van der Waals surface area contributed by atoms with Crippen molar-refractivity contribution in [2.45, 2.75) is 18.5 Å². The van der Waals surface area contributed by atoms with Crippen molar-refractivity contribution in [3.05, 3.63) is 89.7 Å². The molecule has 5 rings (SSSR count). The zero-order valence-electron chi connectivity index (χ0n) is 18.7. The van der Waals surface area contributed by atoms with Gasteiger partial charge in [0.25, 0.3) is 5.89 Å². The molecule has 0 aliphatic carbocycles. The maximum Gasteiger partial charge on any atom is 0.422 e. The van der Waals surface area contributed by atoms with Crippen LogP contribution in [0.3, 0.4) is 0 Å². The van der Waals surface area contributed by atoms with Crippen LogP contribution in [0.15, 0.2) is 82.0 Å². The summed E-state index contributed by atoms with van der Waals surface area (Å²) in [5.74, 6) is -1.67. The summed E-state index contributed by atoms with van der Waals surface area (Å²) in [6.45, 7) is 1.69. The molecule has 3 aromatic heterocycles. The fraction of sp³-hybridized carbons (Fsp3) is 0.120. The first-order chi connectivity index (χ1) is 17.2. The number of nitrogens with zero attached hydrogens (tertiary/aromatic N) is 3. The van der Waals surface area contributed by atoms with Gasteiger partial charge in [-0.25, -0.2) is 0 Å². The molecule has 1 unspecified atom stereocenters. The zero-order chi connectivity index (χ0) is 25.5. The SMILES string of the molecule is CC(C(N)=O)(c1ccc(-c2noc(-c3onc(-c4ccccc4)c3C(F)(F)F)n2)cc1)c1ccc[nH]1. The lowest BCUT2D eigenvalue weighted by Gasteiger charge is -2.25. The molecule has 0 saturated heterocycles. The van der Waals surface area contributed by atoms with Crippen LogP contribution in [0.2, 0.25) is 0 Å². The number of amides is 1. The number of aromatic nitrogens is 4. The molecule has 0 fully saturated rings. The molecule has 3 N–H and O–H groups in total. The number of benzene rings is 2. The van der Waals surface area contributed by atoms with Crippen LogP contribution < -0.4 is 5.73 Å². The minimum Gasteiger partial charge on any atom is -0.369 e. The molecule has 3 heterocycles. The van der Waals surface area contributed by atoms with Gasteiger partial charge in [-0.15, -0.1) is 0 Å². The number of nitrogens with one attached hydrogen (secondary N) is 1. The van der Waals surface area contributed by atoms with E-state index >= 15 is 0 Å². The highest BCUT2D eigenvalue weighted by Gasteiger charge is 2.43. The van der Waals surface area contributed by atoms with E-state index < -0.39 is 34.7 Å². The summed E-state index contributed by atoms with van der Waals surface area (Å²) in [5.41, 5.74) is 4.98. The van der Waals surface area contributed by atoms with Gasteiger partial charge in [-0.2, -0.15) is 18.2 Å². The minimum atomic E-state index is -4.78. The molecule has 0 bridgehead atoms. The number of rotatable bonds is 6. The summed E-state index contributed by atoms with van der Waals surface area (Å²) in [7, 11) is 0. The second-order valence-electron chi connectivity index (χ2n) is 8.17. The van der Waals surface area contributed by atoms with E-state index in [0.29, 0.717) is 16.8 Å². The Morgan fingerprint density at radius 1 is 0.917 bits per heavy atom. The third kappa shape index (κ3) is 3.84. The van der Waals surface area contributed by atoms with E-state index in [1.165, 1.54) is 12.1 Å². The molecule has 8 nitrogen and oxygen atoms in total. The number of aromatic amines is 1. The number of hydrogen-bond acceptors (Lipinski definition) is 6. The average molecular weight is 493 g/mol. The summed E-state index contributed by atoms with van der Waals surface area (Å²) < 4.78 is 52.0. The largest absolute Gasteiger partial charge is 0.422 e. The van der Waals surface area contributed by atoms with Crippen molar-refractivity contribution in [2.24, 2.45) is 5.73 Å². The van der Waals surface area contributed by atoms with Gasteiger partial charge < -0.3 is 19.8 Å². The van der Waals surface area contributed by atoms with Crippen LogP contribution >= 0.6 is 0 Å². The van der Waals surface area contributed by atoms with E-state index in [0.717, 1.165) is 0 Å². The van der Waals surface area contributed by atoms with Gasteiger partial charge in [-0.3, -0.25) is 4.79 Å². The first-order valence-corrected chi connectivity index (χ1v) is 10.7. The Morgan fingerprint density at radius 3 is 2.25 bits per heavy atom. The van der Waals surface area contributed by atoms with Gasteiger partial charge in [0.1, 0.15) is 16.7 Å². The van der Waals surface area contributed by atoms with Crippen molar-refractivity contribution in [2.75, 3.05) is 0 Å². The molecule has 5 aromatic rings. The second kappa shape index (κ2) is 8.52. The van der Waals surface area contributed by atoms with E-state index in [4.69, 9.17) is 14.8 Å². The summed E-state index contributed by atoms with van der Waals surface area (Å²) in [6.07, 6.45) is -3.10. The van der Waals surface area contributed by atoms with Crippen LogP contribution in [0.4, 0.5) is 13.2 Å². The van der Waals surface area contributed by atoms with E-state index in [-0.39, 0.29) is 17.1 Å². The molecular formula is C25H18F3N5O3. The number of carbonyl (C=O) groups excluding carboxylic acids is 1. The van der Waals surface area contributed by atoms with Crippen molar-refractivity contribution in [1.82, 2.24) is 20.3 Å². The Labute approximate surface area is 201 Å². The van der Waals surface area contributed by atoms with Crippen LogP contribution in [0.1, 0.15) is 23.7 Å². The fourth-order valence-electron chi connectivity index (χ4n) is 3.95. The quantitative estimate of drug-likeness (QED) is 0.335. The minimum absolute atomic E-state index is 0.0305. The summed E-state index contributed by atoms with van der Waals surface area (Å²) in [5, 5.41) is 7.43. The Morgan fingerprint density at radius 2 is 1.64 bits per heavy atom. The standard InChI is InChI=1S/C25H18F3N5O3/c1-24(23(29)34,17-8-5-13-30-17)16-11-9-15(10-12-16)21-31-22(36-33-21)20-18(25(26,27)28)19(32-35-20)14-6-3-2-4-7-14/h2-13,30H,1H3,(H2,29,34). The Balaban J connectivity index is 1.50. The molecule has 0 spiro atoms. The molecule has 0 aliphatic heterocycles. The van der Waals surface area contributed by atoms with Crippen molar-refractivity contribution in [3.8, 4) is 34.3 Å². The number of alkyl halides is 3. The molecular weight excluding hydrogens is 475 g/mol. The lowest BCUT2D eigenvalue weighted by atomic mass is 9.78. The van der Waals surface area contributed by atoms with Crippen molar-refractivity contribution < 1.29 is 27.0 Å². The maximum absolute atomic E-state index is 14.0. The lowest BCUT2D eigenvalue weighted by Crippen LogP contribution is -2.39. The summed E-state index contributed by atoms with van der Waals surface area (Å²) >= 11 is 0. The Kier molecular flexibility index (Phi) is 5.47. The Bertz CT molecular complexity index is 1510. The Hall–Kier alpha value is -4.67. The fourth-order valence-corrected chi connectivity index (χ4v) is 3.95. The molecule has 11 heteroatoms. The number of carbonyl (C=O) groups is 1. The summed E-state index contributed by atoms with van der Waals surface area (Å²) in [6, 6.07) is 17.9. The van der Waals surface area contributed by atoms with Crippen LogP contribution in [-0.2, 0) is 16.4 Å². The maximum atomic E-state index is 14.0. The van der Waals surface area contributed by atoms with Crippen LogP contribution in [-0.4, -0.2) is 26.2 Å². The first-order valence-electron chi connectivity index (χ1n) is 10.7. The van der Waals surface area contributed by atoms with Crippen LogP contribution in [0.5, 0.6) is 0 Å². The van der Waals surface area contributed by atoms with Crippen molar-refractivity contribution >= 4 is 5.91 Å². The highest BCUT2D eigenvalue weighted by Crippen LogP contribution is 2.43. The predicted molar refractivity (Wildman–Crippen MR) is 122 cm³/mol. The van der Waals surface area contributed by atoms with E-state index in [1.807, 2.05) is 0 Å². The number of primary amides is 1. The average Bonchev–Trinajstić information content (AvgIpc) is 3.64. The van der Waals surface area contributed by atoms with Gasteiger partial charge in [-0.1, -0.05) is 64.9 Å². The first kappa shape index (κ1) is 23.1. The third-order valence-electron chi connectivity index (χ3n) is 5.99. The van der Waals surface area contributed by atoms with Gasteiger partial charge in [0, 0.05) is 23.0 Å². The van der Waals surface area contributed by atoms with Gasteiger partial charge in [-0.05, 0) is 24.6 Å². The second-order valence-corrected chi connectivity index (χ2v) is 8.17. The molecule has 0 saturated carbocycles. The van der Waals surface area contributed by atoms with Crippen LogP contribution in [0.25, 0.3) is 34.3 Å². The van der Waals surface area contributed by atoms with Crippen LogP contribution in [0, 0.1) is 0 Å². The smallest absolute Gasteiger partial charge is 0.369 e. The third-order valence-corrected chi connectivity index (χ3v) is 5.99. The van der Waals surface area contributed by atoms with Crippen molar-refractivity contribution in [1.29, 1.82) is 0 Å². The zero-order valence-corrected chi connectivity index (χ0v) is 18.7. The van der Waals surface area contributed by atoms with E-state index in [2.05, 4.69) is 20.3 Å². The molecule has 2 aromatic carbocycles. The van der Waals surface area contributed by atoms with Gasteiger partial charge >= 0.3 is 6.18 Å². The summed E-state index contributed by atoms with van der Waals surface area (Å²) in [4.78, 5) is 19.4. The number of halogens is 3. The highest BCUT2D eigenvalue weighted by molar-refractivity contribution is 5.90. The van der Waals surface area contributed by atoms with Gasteiger partial charge in [0.2, 0.25) is 17.5 Å².